The van der Waals surface area contributed by atoms with Gasteiger partial charge in [0.2, 0.25) is 6.79 Å². The third-order valence-electron chi connectivity index (χ3n) is 6.73. The van der Waals surface area contributed by atoms with Crippen LogP contribution in [0.15, 0.2) is 86.8 Å². The number of hydrogen-bond donors (Lipinski definition) is 1. The second kappa shape index (κ2) is 8.20. The Morgan fingerprint density at radius 1 is 0.889 bits per heavy atom. The van der Waals surface area contributed by atoms with E-state index < -0.39 is 11.5 Å². The highest BCUT2D eigenvalue weighted by molar-refractivity contribution is 5.84. The van der Waals surface area contributed by atoms with Crippen LogP contribution in [0.25, 0.3) is 16.7 Å². The van der Waals surface area contributed by atoms with Gasteiger partial charge in [-0.25, -0.2) is 9.48 Å². The molecule has 0 radical (unpaired) electrons. The summed E-state index contributed by atoms with van der Waals surface area (Å²) in [5.41, 5.74) is 1.47. The van der Waals surface area contributed by atoms with Gasteiger partial charge in [0.05, 0.1) is 28.1 Å². The van der Waals surface area contributed by atoms with Crippen molar-refractivity contribution in [2.24, 2.45) is 7.05 Å². The molecule has 2 aromatic heterocycles. The molecule has 3 heterocycles. The molecule has 0 amide bonds. The van der Waals surface area contributed by atoms with Crippen molar-refractivity contribution in [3.8, 4) is 22.9 Å². The zero-order chi connectivity index (χ0) is 25.0. The molecule has 0 saturated carbocycles. The molecule has 1 aliphatic heterocycles. The van der Waals surface area contributed by atoms with Gasteiger partial charge in [0, 0.05) is 12.7 Å². The standard InChI is InChI=1S/C28H22N2O6/c1-16-23(27(32)30(29(16)2)18-8-4-3-5-9-18)24(17-12-13-21-22(14-17)35-15-34-21)25-26(31)19-10-6-7-11-20(19)36-28(25)33/h3-14,24,31H,15H2,1-2H3/t24-/m1/s1. The van der Waals surface area contributed by atoms with Crippen LogP contribution in [-0.4, -0.2) is 21.3 Å². The summed E-state index contributed by atoms with van der Waals surface area (Å²) >= 11 is 0. The Labute approximate surface area is 205 Å². The van der Waals surface area contributed by atoms with Crippen LogP contribution >= 0.6 is 0 Å². The van der Waals surface area contributed by atoms with E-state index in [1.807, 2.05) is 37.3 Å². The molecular formula is C28H22N2O6. The predicted octanol–water partition coefficient (Wildman–Crippen LogP) is 4.21. The summed E-state index contributed by atoms with van der Waals surface area (Å²) in [5, 5.41) is 11.7. The molecule has 180 valence electrons. The summed E-state index contributed by atoms with van der Waals surface area (Å²) in [6, 6.07) is 21.2. The number of nitrogens with zero attached hydrogens (tertiary/aromatic N) is 2. The smallest absolute Gasteiger partial charge is 0.344 e. The minimum absolute atomic E-state index is 0.0152. The summed E-state index contributed by atoms with van der Waals surface area (Å²) in [6.45, 7) is 1.90. The third-order valence-corrected chi connectivity index (χ3v) is 6.73. The average Bonchev–Trinajstić information content (AvgIpc) is 3.44. The first-order chi connectivity index (χ1) is 17.5. The molecule has 5 aromatic rings. The third kappa shape index (κ3) is 3.22. The zero-order valence-electron chi connectivity index (χ0n) is 19.6. The summed E-state index contributed by atoms with van der Waals surface area (Å²) in [5.74, 6) is -0.0830. The molecule has 6 rings (SSSR count). The lowest BCUT2D eigenvalue weighted by molar-refractivity contribution is 0.174. The van der Waals surface area contributed by atoms with Crippen molar-refractivity contribution in [1.82, 2.24) is 9.36 Å². The van der Waals surface area contributed by atoms with Crippen molar-refractivity contribution in [3.05, 3.63) is 116 Å². The quantitative estimate of drug-likeness (QED) is 0.386. The van der Waals surface area contributed by atoms with Gasteiger partial charge in [-0.05, 0) is 48.9 Å². The number of benzene rings is 3. The highest BCUT2D eigenvalue weighted by Gasteiger charge is 2.33. The number of aromatic hydroxyl groups is 1. The number of hydrogen-bond acceptors (Lipinski definition) is 6. The summed E-state index contributed by atoms with van der Waals surface area (Å²) < 4.78 is 19.9. The highest BCUT2D eigenvalue weighted by atomic mass is 16.7. The molecule has 8 nitrogen and oxygen atoms in total. The molecule has 1 atom stereocenters. The van der Waals surface area contributed by atoms with Crippen LogP contribution in [-0.2, 0) is 7.05 Å². The molecule has 3 aromatic carbocycles. The minimum atomic E-state index is -0.927. The highest BCUT2D eigenvalue weighted by Crippen LogP contribution is 2.42. The van der Waals surface area contributed by atoms with E-state index in [0.717, 1.165) is 0 Å². The summed E-state index contributed by atoms with van der Waals surface area (Å²) in [7, 11) is 1.78. The Kier molecular flexibility index (Phi) is 4.96. The molecule has 0 spiro atoms. The van der Waals surface area contributed by atoms with E-state index in [1.165, 1.54) is 0 Å². The van der Waals surface area contributed by atoms with E-state index in [-0.39, 0.29) is 29.2 Å². The molecule has 1 aliphatic rings. The number of fused-ring (bicyclic) bond motifs is 2. The zero-order valence-corrected chi connectivity index (χ0v) is 19.6. The first-order valence-electron chi connectivity index (χ1n) is 11.4. The van der Waals surface area contributed by atoms with Gasteiger partial charge in [-0.2, -0.15) is 0 Å². The van der Waals surface area contributed by atoms with Gasteiger partial charge >= 0.3 is 5.63 Å². The fourth-order valence-electron chi connectivity index (χ4n) is 4.89. The van der Waals surface area contributed by atoms with Crippen LogP contribution in [0.4, 0.5) is 0 Å². The maximum Gasteiger partial charge on any atom is 0.344 e. The van der Waals surface area contributed by atoms with E-state index in [2.05, 4.69) is 0 Å². The number of para-hydroxylation sites is 2. The Morgan fingerprint density at radius 2 is 1.61 bits per heavy atom. The van der Waals surface area contributed by atoms with Gasteiger partial charge in [-0.1, -0.05) is 36.4 Å². The van der Waals surface area contributed by atoms with Crippen molar-refractivity contribution in [1.29, 1.82) is 0 Å². The maximum absolute atomic E-state index is 14.0. The van der Waals surface area contributed by atoms with E-state index in [0.29, 0.717) is 39.4 Å². The summed E-state index contributed by atoms with van der Waals surface area (Å²) in [6.07, 6.45) is 0. The van der Waals surface area contributed by atoms with Gasteiger partial charge in [-0.3, -0.25) is 9.48 Å². The fraction of sp³-hybridized carbons (Fsp3) is 0.143. The van der Waals surface area contributed by atoms with Crippen LogP contribution in [0.5, 0.6) is 17.2 Å². The van der Waals surface area contributed by atoms with Crippen molar-refractivity contribution < 1.29 is 19.0 Å². The number of aromatic nitrogens is 2. The van der Waals surface area contributed by atoms with E-state index in [9.17, 15) is 14.7 Å². The van der Waals surface area contributed by atoms with E-state index in [4.69, 9.17) is 13.9 Å². The summed E-state index contributed by atoms with van der Waals surface area (Å²) in [4.78, 5) is 27.4. The molecule has 0 saturated heterocycles. The monoisotopic (exact) mass is 482 g/mol. The SMILES string of the molecule is Cc1c([C@@H](c2ccc3c(c2)OCO3)c2c(O)c3ccccc3oc2=O)c(=O)n(-c2ccccc2)n1C. The normalized spacial score (nSPS) is 13.3. The molecule has 36 heavy (non-hydrogen) atoms. The second-order valence-corrected chi connectivity index (χ2v) is 8.67. The molecule has 0 unspecified atom stereocenters. The largest absolute Gasteiger partial charge is 0.507 e. The predicted molar refractivity (Wildman–Crippen MR) is 133 cm³/mol. The van der Waals surface area contributed by atoms with Crippen molar-refractivity contribution in [2.75, 3.05) is 6.79 Å². The van der Waals surface area contributed by atoms with Gasteiger partial charge in [0.1, 0.15) is 11.3 Å². The average molecular weight is 482 g/mol. The Bertz CT molecular complexity index is 1750. The van der Waals surface area contributed by atoms with Gasteiger partial charge in [-0.15, -0.1) is 0 Å². The van der Waals surface area contributed by atoms with Crippen molar-refractivity contribution in [2.45, 2.75) is 12.8 Å². The topological polar surface area (TPSA) is 95.8 Å². The van der Waals surface area contributed by atoms with Crippen LogP contribution in [0.1, 0.15) is 28.3 Å². The molecule has 1 N–H and O–H groups in total. The molecule has 8 heteroatoms. The molecule has 0 bridgehead atoms. The van der Waals surface area contributed by atoms with Crippen LogP contribution in [0, 0.1) is 6.92 Å². The lowest BCUT2D eigenvalue weighted by Gasteiger charge is -2.18. The lowest BCUT2D eigenvalue weighted by atomic mass is 9.84. The molecular weight excluding hydrogens is 460 g/mol. The second-order valence-electron chi connectivity index (χ2n) is 8.67. The maximum atomic E-state index is 14.0. The lowest BCUT2D eigenvalue weighted by Crippen LogP contribution is -2.24. The van der Waals surface area contributed by atoms with Crippen molar-refractivity contribution >= 4 is 11.0 Å². The first-order valence-corrected chi connectivity index (χ1v) is 11.4. The fourth-order valence-corrected chi connectivity index (χ4v) is 4.89. The Morgan fingerprint density at radius 3 is 2.42 bits per heavy atom. The van der Waals surface area contributed by atoms with Gasteiger partial charge < -0.3 is 19.0 Å². The molecule has 0 aliphatic carbocycles. The molecule has 0 fully saturated rings. The van der Waals surface area contributed by atoms with Crippen molar-refractivity contribution in [3.63, 3.8) is 0 Å². The Balaban J connectivity index is 1.69. The van der Waals surface area contributed by atoms with Crippen LogP contribution in [0.3, 0.4) is 0 Å². The van der Waals surface area contributed by atoms with Gasteiger partial charge in [0.25, 0.3) is 5.56 Å². The van der Waals surface area contributed by atoms with Crippen LogP contribution < -0.4 is 20.7 Å². The minimum Gasteiger partial charge on any atom is -0.507 e. The van der Waals surface area contributed by atoms with E-state index in [1.54, 1.807) is 58.9 Å². The number of ether oxygens (including phenoxy) is 2. The van der Waals surface area contributed by atoms with E-state index >= 15 is 0 Å². The Hall–Kier alpha value is -4.72. The van der Waals surface area contributed by atoms with Crippen LogP contribution in [0.2, 0.25) is 0 Å². The first kappa shape index (κ1) is 21.8. The number of rotatable bonds is 4. The van der Waals surface area contributed by atoms with Gasteiger partial charge in [0.15, 0.2) is 11.5 Å².